The van der Waals surface area contributed by atoms with Gasteiger partial charge in [0, 0.05) is 28.8 Å². The minimum absolute atomic E-state index is 0.0456. The predicted octanol–water partition coefficient (Wildman–Crippen LogP) is 3.82. The molecule has 2 heterocycles. The van der Waals surface area contributed by atoms with Gasteiger partial charge in [0.2, 0.25) is 5.91 Å². The minimum Gasteiger partial charge on any atom is -0.466 e. The zero-order valence-corrected chi connectivity index (χ0v) is 13.3. The molecule has 0 saturated carbocycles. The van der Waals surface area contributed by atoms with E-state index in [0.717, 1.165) is 28.0 Å². The topological polar surface area (TPSA) is 47.2 Å². The number of halogens is 1. The zero-order valence-electron chi connectivity index (χ0n) is 12.5. The number of nitrogens with zero attached hydrogens (tertiary/aromatic N) is 1. The van der Waals surface area contributed by atoms with Gasteiger partial charge in [-0.3, -0.25) is 4.79 Å². The second kappa shape index (κ2) is 5.89. The highest BCUT2D eigenvalue weighted by Crippen LogP contribution is 2.20. The Morgan fingerprint density at radius 3 is 2.82 bits per heavy atom. The summed E-state index contributed by atoms with van der Waals surface area (Å²) in [6.07, 6.45) is 1.90. The minimum atomic E-state index is -0.0456. The maximum absolute atomic E-state index is 12.1. The number of carbonyl (C=O) groups is 1. The van der Waals surface area contributed by atoms with Gasteiger partial charge in [-0.05, 0) is 43.5 Å². The van der Waals surface area contributed by atoms with Gasteiger partial charge in [-0.1, -0.05) is 17.7 Å². The largest absolute Gasteiger partial charge is 0.466 e. The molecule has 0 aliphatic carbocycles. The number of hydrogen-bond acceptors (Lipinski definition) is 2. The van der Waals surface area contributed by atoms with Crippen LogP contribution in [0.5, 0.6) is 0 Å². The SMILES string of the molecule is Cc1cc(CNC(=O)Cn2ccc3ccc(Cl)cc32)c(C)o1. The number of amides is 1. The molecule has 3 rings (SSSR count). The predicted molar refractivity (Wildman–Crippen MR) is 87.0 cm³/mol. The number of fused-ring (bicyclic) bond motifs is 1. The Morgan fingerprint density at radius 1 is 1.27 bits per heavy atom. The number of aromatic nitrogens is 1. The average molecular weight is 317 g/mol. The lowest BCUT2D eigenvalue weighted by Gasteiger charge is -2.07. The smallest absolute Gasteiger partial charge is 0.240 e. The highest BCUT2D eigenvalue weighted by molar-refractivity contribution is 6.31. The van der Waals surface area contributed by atoms with Crippen LogP contribution in [0.25, 0.3) is 10.9 Å². The lowest BCUT2D eigenvalue weighted by Crippen LogP contribution is -2.26. The van der Waals surface area contributed by atoms with E-state index in [-0.39, 0.29) is 12.5 Å². The van der Waals surface area contributed by atoms with Crippen LogP contribution in [0.15, 0.2) is 40.9 Å². The van der Waals surface area contributed by atoms with Gasteiger partial charge in [0.25, 0.3) is 0 Å². The monoisotopic (exact) mass is 316 g/mol. The van der Waals surface area contributed by atoms with E-state index in [1.165, 1.54) is 0 Å². The zero-order chi connectivity index (χ0) is 15.7. The Kier molecular flexibility index (Phi) is 3.94. The van der Waals surface area contributed by atoms with Crippen LogP contribution in [-0.4, -0.2) is 10.5 Å². The fourth-order valence-corrected chi connectivity index (χ4v) is 2.72. The van der Waals surface area contributed by atoms with Crippen molar-refractivity contribution in [1.29, 1.82) is 0 Å². The third-order valence-corrected chi connectivity index (χ3v) is 3.90. The summed E-state index contributed by atoms with van der Waals surface area (Å²) in [5, 5.41) is 4.65. The molecule has 22 heavy (non-hydrogen) atoms. The van der Waals surface area contributed by atoms with E-state index in [1.54, 1.807) is 0 Å². The van der Waals surface area contributed by atoms with E-state index >= 15 is 0 Å². The Bertz CT molecular complexity index is 832. The molecule has 1 aromatic carbocycles. The van der Waals surface area contributed by atoms with Gasteiger partial charge in [0.05, 0.1) is 0 Å². The number of aryl methyl sites for hydroxylation is 2. The third-order valence-electron chi connectivity index (χ3n) is 3.67. The molecule has 0 spiro atoms. The number of rotatable bonds is 4. The second-order valence-corrected chi connectivity index (χ2v) is 5.80. The number of nitrogens with one attached hydrogen (secondary N) is 1. The van der Waals surface area contributed by atoms with E-state index in [1.807, 2.05) is 54.9 Å². The summed E-state index contributed by atoms with van der Waals surface area (Å²) >= 11 is 6.02. The van der Waals surface area contributed by atoms with E-state index in [0.29, 0.717) is 11.6 Å². The molecule has 1 N–H and O–H groups in total. The Balaban J connectivity index is 1.68. The van der Waals surface area contributed by atoms with Crippen LogP contribution in [0.2, 0.25) is 5.02 Å². The van der Waals surface area contributed by atoms with Crippen molar-refractivity contribution in [3.63, 3.8) is 0 Å². The first kappa shape index (κ1) is 14.7. The molecule has 1 amide bonds. The highest BCUT2D eigenvalue weighted by Gasteiger charge is 2.09. The van der Waals surface area contributed by atoms with Crippen molar-refractivity contribution in [3.8, 4) is 0 Å². The van der Waals surface area contributed by atoms with Crippen molar-refractivity contribution in [1.82, 2.24) is 9.88 Å². The van der Waals surface area contributed by atoms with Crippen molar-refractivity contribution in [2.75, 3.05) is 0 Å². The molecule has 0 atom stereocenters. The molecule has 114 valence electrons. The molecule has 0 aliphatic rings. The standard InChI is InChI=1S/C17H17ClN2O2/c1-11-7-14(12(2)22-11)9-19-17(21)10-20-6-5-13-3-4-15(18)8-16(13)20/h3-8H,9-10H2,1-2H3,(H,19,21). The Labute approximate surface area is 133 Å². The Morgan fingerprint density at radius 2 is 2.09 bits per heavy atom. The van der Waals surface area contributed by atoms with Crippen LogP contribution in [0.3, 0.4) is 0 Å². The van der Waals surface area contributed by atoms with E-state index < -0.39 is 0 Å². The van der Waals surface area contributed by atoms with Crippen LogP contribution in [0, 0.1) is 13.8 Å². The van der Waals surface area contributed by atoms with Crippen LogP contribution in [0.1, 0.15) is 17.1 Å². The lowest BCUT2D eigenvalue weighted by atomic mass is 10.2. The highest BCUT2D eigenvalue weighted by atomic mass is 35.5. The maximum Gasteiger partial charge on any atom is 0.240 e. The van der Waals surface area contributed by atoms with Gasteiger partial charge in [-0.25, -0.2) is 0 Å². The summed E-state index contributed by atoms with van der Waals surface area (Å²) in [4.78, 5) is 12.1. The maximum atomic E-state index is 12.1. The first-order valence-corrected chi connectivity index (χ1v) is 7.48. The molecule has 2 aromatic heterocycles. The summed E-state index contributed by atoms with van der Waals surface area (Å²) in [5.41, 5.74) is 1.96. The second-order valence-electron chi connectivity index (χ2n) is 5.36. The number of furan rings is 1. The summed E-state index contributed by atoms with van der Waals surface area (Å²) < 4.78 is 7.35. The van der Waals surface area contributed by atoms with Crippen LogP contribution < -0.4 is 5.32 Å². The van der Waals surface area contributed by atoms with Gasteiger partial charge < -0.3 is 14.3 Å². The van der Waals surface area contributed by atoms with Crippen molar-refractivity contribution in [3.05, 3.63) is 58.6 Å². The van der Waals surface area contributed by atoms with Crippen molar-refractivity contribution >= 4 is 28.4 Å². The molecule has 0 fully saturated rings. The fourth-order valence-electron chi connectivity index (χ4n) is 2.56. The molecular weight excluding hydrogens is 300 g/mol. The molecule has 5 heteroatoms. The van der Waals surface area contributed by atoms with Crippen molar-refractivity contribution in [2.45, 2.75) is 26.9 Å². The van der Waals surface area contributed by atoms with Gasteiger partial charge in [-0.15, -0.1) is 0 Å². The van der Waals surface area contributed by atoms with Gasteiger partial charge in [0.1, 0.15) is 18.1 Å². The normalized spacial score (nSPS) is 11.0. The molecule has 4 nitrogen and oxygen atoms in total. The summed E-state index contributed by atoms with van der Waals surface area (Å²) in [6.45, 7) is 4.53. The van der Waals surface area contributed by atoms with E-state index in [2.05, 4.69) is 5.32 Å². The molecular formula is C17H17ClN2O2. The van der Waals surface area contributed by atoms with Crippen LogP contribution >= 0.6 is 11.6 Å². The summed E-state index contributed by atoms with van der Waals surface area (Å²) in [6, 6.07) is 9.58. The number of carbonyl (C=O) groups excluding carboxylic acids is 1. The van der Waals surface area contributed by atoms with Crippen molar-refractivity contribution < 1.29 is 9.21 Å². The van der Waals surface area contributed by atoms with Gasteiger partial charge in [0.15, 0.2) is 0 Å². The summed E-state index contributed by atoms with van der Waals surface area (Å²) in [5.74, 6) is 1.65. The molecule has 0 saturated heterocycles. The average Bonchev–Trinajstić information content (AvgIpc) is 3.00. The lowest BCUT2D eigenvalue weighted by molar-refractivity contribution is -0.121. The first-order chi connectivity index (χ1) is 10.5. The fraction of sp³-hybridized carbons (Fsp3) is 0.235. The van der Waals surface area contributed by atoms with E-state index in [4.69, 9.17) is 16.0 Å². The molecule has 0 aliphatic heterocycles. The van der Waals surface area contributed by atoms with E-state index in [9.17, 15) is 4.79 Å². The molecule has 0 unspecified atom stereocenters. The molecule has 3 aromatic rings. The Hall–Kier alpha value is -2.20. The van der Waals surface area contributed by atoms with Gasteiger partial charge >= 0.3 is 0 Å². The molecule has 0 bridgehead atoms. The summed E-state index contributed by atoms with van der Waals surface area (Å²) in [7, 11) is 0. The first-order valence-electron chi connectivity index (χ1n) is 7.10. The quantitative estimate of drug-likeness (QED) is 0.795. The third kappa shape index (κ3) is 3.02. The molecule has 0 radical (unpaired) electrons. The number of benzene rings is 1. The van der Waals surface area contributed by atoms with Crippen molar-refractivity contribution in [2.24, 2.45) is 0 Å². The number of hydrogen-bond donors (Lipinski definition) is 1. The van der Waals surface area contributed by atoms with Crippen LogP contribution in [0.4, 0.5) is 0 Å². The van der Waals surface area contributed by atoms with Crippen LogP contribution in [-0.2, 0) is 17.9 Å². The van der Waals surface area contributed by atoms with Gasteiger partial charge in [-0.2, -0.15) is 0 Å².